The number of anilines is 1. The van der Waals surface area contributed by atoms with Gasteiger partial charge in [0.2, 0.25) is 0 Å². The van der Waals surface area contributed by atoms with Crippen molar-refractivity contribution in [2.75, 3.05) is 4.72 Å². The maximum absolute atomic E-state index is 12.6. The van der Waals surface area contributed by atoms with Gasteiger partial charge in [-0.1, -0.05) is 37.6 Å². The first-order chi connectivity index (χ1) is 12.5. The van der Waals surface area contributed by atoms with E-state index in [-0.39, 0.29) is 4.90 Å². The molecule has 0 spiro atoms. The van der Waals surface area contributed by atoms with E-state index in [4.69, 9.17) is 0 Å². The summed E-state index contributed by atoms with van der Waals surface area (Å²) >= 11 is 3.37. The standard InChI is InChI=1S/C19H20BrN3O2S/c1-2-4-15-7-9-19(10-8-15)26(24,25)22-18-6-3-5-16(11-18)13-23-14-17(20)12-21-23/h3,5-12,14,22H,2,4,13H2,1H3. The monoisotopic (exact) mass is 433 g/mol. The molecular weight excluding hydrogens is 414 g/mol. The lowest BCUT2D eigenvalue weighted by Crippen LogP contribution is -2.13. The number of sulfonamides is 1. The van der Waals surface area contributed by atoms with Crippen LogP contribution in [0, 0.1) is 0 Å². The molecule has 26 heavy (non-hydrogen) atoms. The van der Waals surface area contributed by atoms with Gasteiger partial charge in [-0.15, -0.1) is 0 Å². The summed E-state index contributed by atoms with van der Waals surface area (Å²) < 4.78 is 30.6. The summed E-state index contributed by atoms with van der Waals surface area (Å²) in [6, 6.07) is 14.4. The lowest BCUT2D eigenvalue weighted by molar-refractivity contribution is 0.601. The molecule has 0 saturated carbocycles. The first-order valence-corrected chi connectivity index (χ1v) is 10.6. The zero-order valence-corrected chi connectivity index (χ0v) is 16.8. The predicted molar refractivity (Wildman–Crippen MR) is 107 cm³/mol. The van der Waals surface area contributed by atoms with Crippen molar-refractivity contribution in [3.05, 3.63) is 76.5 Å². The minimum absolute atomic E-state index is 0.263. The quantitative estimate of drug-likeness (QED) is 0.598. The van der Waals surface area contributed by atoms with Gasteiger partial charge in [-0.05, 0) is 57.7 Å². The highest BCUT2D eigenvalue weighted by molar-refractivity contribution is 9.10. The van der Waals surface area contributed by atoms with Gasteiger partial charge >= 0.3 is 0 Å². The van der Waals surface area contributed by atoms with Crippen LogP contribution in [0.3, 0.4) is 0 Å². The molecule has 0 unspecified atom stereocenters. The molecule has 0 amide bonds. The molecule has 0 bridgehead atoms. The summed E-state index contributed by atoms with van der Waals surface area (Å²) in [4.78, 5) is 0.263. The minimum Gasteiger partial charge on any atom is -0.280 e. The summed E-state index contributed by atoms with van der Waals surface area (Å²) in [6.45, 7) is 2.66. The molecule has 3 rings (SSSR count). The molecule has 1 heterocycles. The van der Waals surface area contributed by atoms with Crippen LogP contribution in [-0.2, 0) is 23.0 Å². The smallest absolute Gasteiger partial charge is 0.261 e. The molecule has 1 N–H and O–H groups in total. The fourth-order valence-electron chi connectivity index (χ4n) is 2.68. The van der Waals surface area contributed by atoms with E-state index in [9.17, 15) is 8.42 Å². The van der Waals surface area contributed by atoms with Gasteiger partial charge in [-0.2, -0.15) is 5.10 Å². The molecule has 2 aromatic carbocycles. The van der Waals surface area contributed by atoms with Crippen LogP contribution in [0.5, 0.6) is 0 Å². The maximum Gasteiger partial charge on any atom is 0.261 e. The summed E-state index contributed by atoms with van der Waals surface area (Å²) in [7, 11) is -3.61. The molecule has 0 aliphatic carbocycles. The Morgan fingerprint density at radius 1 is 1.12 bits per heavy atom. The zero-order chi connectivity index (χ0) is 18.6. The lowest BCUT2D eigenvalue weighted by atomic mass is 10.1. The Kier molecular flexibility index (Phi) is 5.78. The van der Waals surface area contributed by atoms with Crippen LogP contribution in [0.4, 0.5) is 5.69 Å². The van der Waals surface area contributed by atoms with E-state index in [0.29, 0.717) is 12.2 Å². The summed E-state index contributed by atoms with van der Waals surface area (Å²) in [5.41, 5.74) is 2.63. The second-order valence-electron chi connectivity index (χ2n) is 6.06. The molecular formula is C19H20BrN3O2S. The highest BCUT2D eigenvalue weighted by Crippen LogP contribution is 2.19. The zero-order valence-electron chi connectivity index (χ0n) is 14.4. The highest BCUT2D eigenvalue weighted by atomic mass is 79.9. The third-order valence-electron chi connectivity index (χ3n) is 3.90. The van der Waals surface area contributed by atoms with Crippen LogP contribution in [0.25, 0.3) is 0 Å². The number of hydrogen-bond donors (Lipinski definition) is 1. The predicted octanol–water partition coefficient (Wildman–Crippen LogP) is 4.45. The van der Waals surface area contributed by atoms with Gasteiger partial charge in [-0.25, -0.2) is 8.42 Å². The van der Waals surface area contributed by atoms with Crippen LogP contribution in [0.15, 0.2) is 70.3 Å². The van der Waals surface area contributed by atoms with Crippen molar-refractivity contribution in [3.8, 4) is 0 Å². The van der Waals surface area contributed by atoms with Crippen molar-refractivity contribution < 1.29 is 8.42 Å². The molecule has 7 heteroatoms. The number of aryl methyl sites for hydroxylation is 1. The normalized spacial score (nSPS) is 11.5. The molecule has 5 nitrogen and oxygen atoms in total. The highest BCUT2D eigenvalue weighted by Gasteiger charge is 2.14. The van der Waals surface area contributed by atoms with Gasteiger partial charge in [0.25, 0.3) is 10.0 Å². The first-order valence-electron chi connectivity index (χ1n) is 8.35. The van der Waals surface area contributed by atoms with Crippen molar-refractivity contribution in [2.45, 2.75) is 31.2 Å². The van der Waals surface area contributed by atoms with E-state index in [2.05, 4.69) is 32.7 Å². The fraction of sp³-hybridized carbons (Fsp3) is 0.211. The topological polar surface area (TPSA) is 64.0 Å². The molecule has 0 saturated heterocycles. The van der Waals surface area contributed by atoms with Crippen LogP contribution in [-0.4, -0.2) is 18.2 Å². The van der Waals surface area contributed by atoms with Crippen LogP contribution in [0.1, 0.15) is 24.5 Å². The van der Waals surface area contributed by atoms with Gasteiger partial charge in [0.15, 0.2) is 0 Å². The Bertz CT molecular complexity index is 982. The molecule has 0 aliphatic heterocycles. The Hall–Kier alpha value is -2.12. The second kappa shape index (κ2) is 8.05. The van der Waals surface area contributed by atoms with Crippen LogP contribution < -0.4 is 4.72 Å². The van der Waals surface area contributed by atoms with Gasteiger partial charge in [0, 0.05) is 11.9 Å². The summed E-state index contributed by atoms with van der Waals surface area (Å²) in [5.74, 6) is 0. The van der Waals surface area contributed by atoms with Crippen molar-refractivity contribution in [1.82, 2.24) is 9.78 Å². The van der Waals surface area contributed by atoms with Gasteiger partial charge < -0.3 is 0 Å². The van der Waals surface area contributed by atoms with E-state index >= 15 is 0 Å². The fourth-order valence-corrected chi connectivity index (χ4v) is 4.06. The van der Waals surface area contributed by atoms with Gasteiger partial charge in [0.05, 0.1) is 22.1 Å². The van der Waals surface area contributed by atoms with Crippen molar-refractivity contribution >= 4 is 31.6 Å². The lowest BCUT2D eigenvalue weighted by Gasteiger charge is -2.10. The maximum atomic E-state index is 12.6. The number of halogens is 1. The molecule has 0 atom stereocenters. The number of nitrogens with one attached hydrogen (secondary N) is 1. The summed E-state index contributed by atoms with van der Waals surface area (Å²) in [6.07, 6.45) is 5.56. The number of hydrogen-bond acceptors (Lipinski definition) is 3. The first kappa shape index (κ1) is 18.7. The van der Waals surface area contributed by atoms with E-state index < -0.39 is 10.0 Å². The minimum atomic E-state index is -3.61. The number of nitrogens with zero attached hydrogens (tertiary/aromatic N) is 2. The Balaban J connectivity index is 1.75. The van der Waals surface area contributed by atoms with E-state index in [1.165, 1.54) is 0 Å². The largest absolute Gasteiger partial charge is 0.280 e. The molecule has 0 radical (unpaired) electrons. The molecule has 1 aromatic heterocycles. The van der Waals surface area contributed by atoms with Crippen LogP contribution >= 0.6 is 15.9 Å². The summed E-state index contributed by atoms with van der Waals surface area (Å²) in [5, 5.41) is 4.22. The molecule has 0 fully saturated rings. The number of aromatic nitrogens is 2. The van der Waals surface area contributed by atoms with E-state index in [0.717, 1.165) is 28.4 Å². The van der Waals surface area contributed by atoms with Crippen molar-refractivity contribution in [3.63, 3.8) is 0 Å². The van der Waals surface area contributed by atoms with Crippen LogP contribution in [0.2, 0.25) is 0 Å². The average Bonchev–Trinajstić information content (AvgIpc) is 3.00. The Labute approximate surface area is 162 Å². The number of benzene rings is 2. The van der Waals surface area contributed by atoms with Crippen molar-refractivity contribution in [1.29, 1.82) is 0 Å². The third kappa shape index (κ3) is 4.74. The Morgan fingerprint density at radius 2 is 1.88 bits per heavy atom. The molecule has 136 valence electrons. The third-order valence-corrected chi connectivity index (χ3v) is 5.70. The van der Waals surface area contributed by atoms with Gasteiger partial charge in [0.1, 0.15) is 0 Å². The second-order valence-corrected chi connectivity index (χ2v) is 8.65. The number of rotatable bonds is 7. The van der Waals surface area contributed by atoms with E-state index in [1.54, 1.807) is 29.1 Å². The Morgan fingerprint density at radius 3 is 2.54 bits per heavy atom. The van der Waals surface area contributed by atoms with E-state index in [1.807, 2.05) is 36.5 Å². The molecule has 0 aliphatic rings. The van der Waals surface area contributed by atoms with Gasteiger partial charge in [-0.3, -0.25) is 9.40 Å². The SMILES string of the molecule is CCCc1ccc(S(=O)(=O)Nc2cccc(Cn3cc(Br)cn3)c2)cc1. The molecule has 3 aromatic rings. The van der Waals surface area contributed by atoms with Crippen molar-refractivity contribution in [2.24, 2.45) is 0 Å². The average molecular weight is 434 g/mol.